The Balaban J connectivity index is 1.75. The molecule has 2 unspecified atom stereocenters. The van der Waals surface area contributed by atoms with E-state index in [1.54, 1.807) is 0 Å². The Morgan fingerprint density at radius 2 is 2.00 bits per heavy atom. The number of aromatic nitrogens is 1. The molecule has 1 aliphatic carbocycles. The molecule has 1 aromatic heterocycles. The van der Waals surface area contributed by atoms with Gasteiger partial charge in [0.1, 0.15) is 0 Å². The Morgan fingerprint density at radius 3 is 2.81 bits per heavy atom. The van der Waals surface area contributed by atoms with Gasteiger partial charge in [0.2, 0.25) is 0 Å². The molecule has 1 heterocycles. The van der Waals surface area contributed by atoms with Gasteiger partial charge in [0, 0.05) is 36.1 Å². The molecule has 2 atom stereocenters. The van der Waals surface area contributed by atoms with Crippen LogP contribution in [-0.4, -0.2) is 23.2 Å². The summed E-state index contributed by atoms with van der Waals surface area (Å²) in [6, 6.07) is 7.84. The number of rotatable bonds is 4. The van der Waals surface area contributed by atoms with E-state index in [-0.39, 0.29) is 0 Å². The van der Waals surface area contributed by atoms with Gasteiger partial charge in [0.15, 0.2) is 0 Å². The minimum atomic E-state index is 0.306. The largest absolute Gasteiger partial charge is 0.399 e. The normalized spacial score (nSPS) is 22.3. The fourth-order valence-corrected chi connectivity index (χ4v) is 3.35. The SMILES string of the molecule is Nc1ccc2c(NCC3CCCCC3CO)ccnc2c1. The van der Waals surface area contributed by atoms with Crippen molar-refractivity contribution in [3.05, 3.63) is 30.5 Å². The van der Waals surface area contributed by atoms with Crippen molar-refractivity contribution in [2.45, 2.75) is 25.7 Å². The van der Waals surface area contributed by atoms with Crippen LogP contribution in [0.3, 0.4) is 0 Å². The quantitative estimate of drug-likeness (QED) is 0.755. The molecule has 1 fully saturated rings. The Hall–Kier alpha value is -1.81. The van der Waals surface area contributed by atoms with Crippen LogP contribution in [0, 0.1) is 11.8 Å². The topological polar surface area (TPSA) is 71.2 Å². The first-order valence-corrected chi connectivity index (χ1v) is 7.77. The number of anilines is 2. The van der Waals surface area contributed by atoms with Crippen LogP contribution in [0.25, 0.3) is 10.9 Å². The molecule has 0 spiro atoms. The highest BCUT2D eigenvalue weighted by molar-refractivity contribution is 5.92. The molecule has 1 aliphatic rings. The van der Waals surface area contributed by atoms with Crippen molar-refractivity contribution < 1.29 is 5.11 Å². The molecule has 4 N–H and O–H groups in total. The fraction of sp³-hybridized carbons (Fsp3) is 0.471. The first-order valence-electron chi connectivity index (χ1n) is 7.77. The molecule has 4 heteroatoms. The van der Waals surface area contributed by atoms with Crippen LogP contribution in [0.2, 0.25) is 0 Å². The smallest absolute Gasteiger partial charge is 0.0743 e. The molecule has 1 aromatic carbocycles. The maximum Gasteiger partial charge on any atom is 0.0743 e. The minimum absolute atomic E-state index is 0.306. The van der Waals surface area contributed by atoms with Crippen LogP contribution < -0.4 is 11.1 Å². The third-order valence-corrected chi connectivity index (χ3v) is 4.62. The van der Waals surface area contributed by atoms with Crippen molar-refractivity contribution in [1.29, 1.82) is 0 Å². The summed E-state index contributed by atoms with van der Waals surface area (Å²) in [4.78, 5) is 4.37. The number of hydrogen-bond donors (Lipinski definition) is 3. The molecule has 1 saturated carbocycles. The van der Waals surface area contributed by atoms with Crippen LogP contribution in [0.4, 0.5) is 11.4 Å². The molecule has 0 bridgehead atoms. The molecule has 0 radical (unpaired) electrons. The number of hydrogen-bond acceptors (Lipinski definition) is 4. The second-order valence-electron chi connectivity index (χ2n) is 6.00. The summed E-state index contributed by atoms with van der Waals surface area (Å²) in [5.41, 5.74) is 8.57. The zero-order valence-corrected chi connectivity index (χ0v) is 12.3. The lowest BCUT2D eigenvalue weighted by Gasteiger charge is -2.30. The number of nitrogens with one attached hydrogen (secondary N) is 1. The van der Waals surface area contributed by atoms with Gasteiger partial charge in [-0.2, -0.15) is 0 Å². The lowest BCUT2D eigenvalue weighted by atomic mass is 9.79. The molecule has 0 amide bonds. The summed E-state index contributed by atoms with van der Waals surface area (Å²) in [5.74, 6) is 0.996. The van der Waals surface area contributed by atoms with Crippen molar-refractivity contribution >= 4 is 22.3 Å². The van der Waals surface area contributed by atoms with Gasteiger partial charge in [-0.05, 0) is 48.9 Å². The van der Waals surface area contributed by atoms with Crippen LogP contribution in [0.1, 0.15) is 25.7 Å². The molecular weight excluding hydrogens is 262 g/mol. The average molecular weight is 285 g/mol. The first-order chi connectivity index (χ1) is 10.3. The number of fused-ring (bicyclic) bond motifs is 1. The molecule has 4 nitrogen and oxygen atoms in total. The van der Waals surface area contributed by atoms with Crippen molar-refractivity contribution in [2.24, 2.45) is 11.8 Å². The number of aliphatic hydroxyl groups excluding tert-OH is 1. The van der Waals surface area contributed by atoms with E-state index in [2.05, 4.69) is 10.3 Å². The van der Waals surface area contributed by atoms with Gasteiger partial charge >= 0.3 is 0 Å². The summed E-state index contributed by atoms with van der Waals surface area (Å²) >= 11 is 0. The number of aliphatic hydroxyl groups is 1. The molecule has 3 rings (SSSR count). The van der Waals surface area contributed by atoms with E-state index in [1.807, 2.05) is 30.5 Å². The molecule has 0 aliphatic heterocycles. The van der Waals surface area contributed by atoms with Gasteiger partial charge in [-0.25, -0.2) is 0 Å². The van der Waals surface area contributed by atoms with Crippen molar-refractivity contribution in [3.8, 4) is 0 Å². The number of nitrogens with zero attached hydrogens (tertiary/aromatic N) is 1. The van der Waals surface area contributed by atoms with Gasteiger partial charge in [-0.15, -0.1) is 0 Å². The van der Waals surface area contributed by atoms with Crippen LogP contribution in [-0.2, 0) is 0 Å². The zero-order valence-electron chi connectivity index (χ0n) is 12.3. The Labute approximate surface area is 125 Å². The average Bonchev–Trinajstić information content (AvgIpc) is 2.52. The summed E-state index contributed by atoms with van der Waals surface area (Å²) in [7, 11) is 0. The number of pyridine rings is 1. The van der Waals surface area contributed by atoms with Crippen molar-refractivity contribution in [3.63, 3.8) is 0 Å². The van der Waals surface area contributed by atoms with Gasteiger partial charge in [0.05, 0.1) is 5.52 Å². The van der Waals surface area contributed by atoms with Crippen LogP contribution in [0.5, 0.6) is 0 Å². The third kappa shape index (κ3) is 3.10. The lowest BCUT2D eigenvalue weighted by molar-refractivity contribution is 0.141. The van der Waals surface area contributed by atoms with E-state index in [4.69, 9.17) is 5.73 Å². The van der Waals surface area contributed by atoms with Crippen LogP contribution >= 0.6 is 0 Å². The molecule has 0 saturated heterocycles. The third-order valence-electron chi connectivity index (χ3n) is 4.62. The van der Waals surface area contributed by atoms with Crippen molar-refractivity contribution in [2.75, 3.05) is 24.2 Å². The minimum Gasteiger partial charge on any atom is -0.399 e. The van der Waals surface area contributed by atoms with E-state index in [1.165, 1.54) is 19.3 Å². The molecule has 112 valence electrons. The predicted octanol–water partition coefficient (Wildman–Crippen LogP) is 3.03. The van der Waals surface area contributed by atoms with Gasteiger partial charge < -0.3 is 16.2 Å². The highest BCUT2D eigenvalue weighted by Crippen LogP contribution is 2.31. The van der Waals surface area contributed by atoms with Crippen molar-refractivity contribution in [1.82, 2.24) is 4.98 Å². The van der Waals surface area contributed by atoms with Gasteiger partial charge in [-0.1, -0.05) is 12.8 Å². The van der Waals surface area contributed by atoms with E-state index in [9.17, 15) is 5.11 Å². The molecule has 2 aromatic rings. The summed E-state index contributed by atoms with van der Waals surface area (Å²) in [6.45, 7) is 1.22. The number of nitrogens with two attached hydrogens (primary N) is 1. The maximum absolute atomic E-state index is 9.51. The number of nitrogen functional groups attached to an aromatic ring is 1. The monoisotopic (exact) mass is 285 g/mol. The second-order valence-corrected chi connectivity index (χ2v) is 6.00. The Morgan fingerprint density at radius 1 is 1.19 bits per heavy atom. The van der Waals surface area contributed by atoms with E-state index >= 15 is 0 Å². The summed E-state index contributed by atoms with van der Waals surface area (Å²) in [5, 5.41) is 14.2. The van der Waals surface area contributed by atoms with Crippen LogP contribution in [0.15, 0.2) is 30.5 Å². The van der Waals surface area contributed by atoms with E-state index < -0.39 is 0 Å². The standard InChI is InChI=1S/C17H23N3O/c18-14-5-6-15-16(7-8-19-17(15)9-14)20-10-12-3-1-2-4-13(12)11-21/h5-9,12-13,21H,1-4,10-11,18H2,(H,19,20). The van der Waals surface area contributed by atoms with Gasteiger partial charge in [0.25, 0.3) is 0 Å². The fourth-order valence-electron chi connectivity index (χ4n) is 3.35. The predicted molar refractivity (Wildman–Crippen MR) is 87.2 cm³/mol. The molecular formula is C17H23N3O. The molecule has 21 heavy (non-hydrogen) atoms. The lowest BCUT2D eigenvalue weighted by Crippen LogP contribution is -2.28. The van der Waals surface area contributed by atoms with E-state index in [0.717, 1.165) is 35.2 Å². The number of benzene rings is 1. The zero-order chi connectivity index (χ0) is 14.7. The Kier molecular flexibility index (Phi) is 4.25. The highest BCUT2D eigenvalue weighted by atomic mass is 16.3. The van der Waals surface area contributed by atoms with Gasteiger partial charge in [-0.3, -0.25) is 4.98 Å². The van der Waals surface area contributed by atoms with E-state index in [0.29, 0.717) is 18.4 Å². The Bertz CT molecular complexity index is 614. The highest BCUT2D eigenvalue weighted by Gasteiger charge is 2.24. The summed E-state index contributed by atoms with van der Waals surface area (Å²) < 4.78 is 0. The summed E-state index contributed by atoms with van der Waals surface area (Å²) in [6.07, 6.45) is 6.69. The first kappa shape index (κ1) is 14.1. The maximum atomic E-state index is 9.51. The second kappa shape index (κ2) is 6.31.